The van der Waals surface area contributed by atoms with Gasteiger partial charge < -0.3 is 10.2 Å². The zero-order valence-corrected chi connectivity index (χ0v) is 11.5. The zero-order valence-electron chi connectivity index (χ0n) is 11.5. The van der Waals surface area contributed by atoms with Crippen LogP contribution < -0.4 is 5.73 Å². The molecule has 0 aliphatic rings. The number of hydrogen-bond acceptors (Lipinski definition) is 4. The fourth-order valence-electron chi connectivity index (χ4n) is 2.22. The van der Waals surface area contributed by atoms with Gasteiger partial charge in [0.1, 0.15) is 5.82 Å². The summed E-state index contributed by atoms with van der Waals surface area (Å²) in [6, 6.07) is 14.5. The summed E-state index contributed by atoms with van der Waals surface area (Å²) in [6.45, 7) is 1.86. The van der Waals surface area contributed by atoms with Gasteiger partial charge in [0.05, 0.1) is 5.92 Å². The summed E-state index contributed by atoms with van der Waals surface area (Å²) in [7, 11) is 0. The highest BCUT2D eigenvalue weighted by Crippen LogP contribution is 2.29. The molecule has 0 aliphatic heterocycles. The van der Waals surface area contributed by atoms with Crippen molar-refractivity contribution in [3.63, 3.8) is 0 Å². The maximum atomic E-state index is 14.3. The van der Waals surface area contributed by atoms with Crippen LogP contribution in [0.1, 0.15) is 24.3 Å². The molecule has 1 atom stereocenters. The Morgan fingerprint density at radius 2 is 1.86 bits per heavy atom. The molecule has 0 saturated heterocycles. The number of rotatable bonds is 3. The highest BCUT2D eigenvalue weighted by Gasteiger charge is 2.17. The minimum Gasteiger partial charge on any atom is -0.408 e. The second-order valence-electron chi connectivity index (χ2n) is 4.81. The van der Waals surface area contributed by atoms with Gasteiger partial charge in [-0.15, -0.1) is 5.10 Å². The predicted molar refractivity (Wildman–Crippen MR) is 78.1 cm³/mol. The van der Waals surface area contributed by atoms with Crippen LogP contribution in [0.4, 0.5) is 10.4 Å². The number of hydrogen-bond donors (Lipinski definition) is 1. The first-order chi connectivity index (χ1) is 10.1. The number of halogens is 1. The van der Waals surface area contributed by atoms with Gasteiger partial charge in [0.25, 0.3) is 0 Å². The second kappa shape index (κ2) is 5.36. The Morgan fingerprint density at radius 3 is 2.48 bits per heavy atom. The van der Waals surface area contributed by atoms with E-state index < -0.39 is 0 Å². The van der Waals surface area contributed by atoms with Crippen LogP contribution in [0.2, 0.25) is 0 Å². The molecule has 2 N–H and O–H groups in total. The molecule has 1 unspecified atom stereocenters. The summed E-state index contributed by atoms with van der Waals surface area (Å²) in [6.07, 6.45) is 0. The molecule has 4 nitrogen and oxygen atoms in total. The number of aromatic nitrogens is 2. The van der Waals surface area contributed by atoms with E-state index in [-0.39, 0.29) is 17.7 Å². The van der Waals surface area contributed by atoms with Crippen LogP contribution in [0.5, 0.6) is 0 Å². The average molecular weight is 283 g/mol. The lowest BCUT2D eigenvalue weighted by Crippen LogP contribution is -1.98. The van der Waals surface area contributed by atoms with E-state index in [1.54, 1.807) is 6.07 Å². The van der Waals surface area contributed by atoms with Crippen LogP contribution in [0.3, 0.4) is 0 Å². The van der Waals surface area contributed by atoms with Crippen molar-refractivity contribution in [2.45, 2.75) is 12.8 Å². The molecule has 5 heteroatoms. The van der Waals surface area contributed by atoms with Crippen LogP contribution in [0.15, 0.2) is 52.9 Å². The lowest BCUT2D eigenvalue weighted by Gasteiger charge is -2.10. The van der Waals surface area contributed by atoms with Gasteiger partial charge in [0, 0.05) is 5.56 Å². The van der Waals surface area contributed by atoms with E-state index in [0.29, 0.717) is 11.5 Å². The number of nitrogens with zero attached hydrogens (tertiary/aromatic N) is 2. The maximum absolute atomic E-state index is 14.3. The minimum atomic E-state index is -0.280. The smallest absolute Gasteiger partial charge is 0.312 e. The van der Waals surface area contributed by atoms with Gasteiger partial charge >= 0.3 is 6.01 Å². The Morgan fingerprint density at radius 1 is 1.10 bits per heavy atom. The molecule has 0 saturated carbocycles. The Hall–Kier alpha value is -2.69. The Kier molecular flexibility index (Phi) is 3.39. The summed E-state index contributed by atoms with van der Waals surface area (Å²) in [5, 5.41) is 7.46. The first kappa shape index (κ1) is 13.3. The molecule has 0 radical (unpaired) electrons. The van der Waals surface area contributed by atoms with Gasteiger partial charge in [-0.25, -0.2) is 4.39 Å². The van der Waals surface area contributed by atoms with Crippen LogP contribution >= 0.6 is 0 Å². The predicted octanol–water partition coefficient (Wildman–Crippen LogP) is 3.61. The largest absolute Gasteiger partial charge is 0.408 e. The lowest BCUT2D eigenvalue weighted by atomic mass is 9.97. The summed E-state index contributed by atoms with van der Waals surface area (Å²) in [5.74, 6) is -0.119. The summed E-state index contributed by atoms with van der Waals surface area (Å²) in [4.78, 5) is 0. The minimum absolute atomic E-state index is 0.0122. The van der Waals surface area contributed by atoms with Gasteiger partial charge in [0.2, 0.25) is 5.89 Å². The van der Waals surface area contributed by atoms with Gasteiger partial charge in [-0.3, -0.25) is 0 Å². The summed E-state index contributed by atoms with van der Waals surface area (Å²) < 4.78 is 19.5. The molecule has 0 amide bonds. The van der Waals surface area contributed by atoms with Crippen molar-refractivity contribution in [2.75, 3.05) is 5.73 Å². The number of nitrogen functional groups attached to an aromatic ring is 1. The first-order valence-corrected chi connectivity index (χ1v) is 6.59. The van der Waals surface area contributed by atoms with Crippen molar-refractivity contribution < 1.29 is 8.81 Å². The van der Waals surface area contributed by atoms with Crippen molar-refractivity contribution in [3.05, 3.63) is 65.8 Å². The fraction of sp³-hybridized carbons (Fsp3) is 0.125. The van der Waals surface area contributed by atoms with E-state index in [9.17, 15) is 4.39 Å². The Bertz CT molecular complexity index is 755. The SMILES string of the molecule is CC(c1ccc(-c2ccccc2)c(F)c1)c1nnc(N)o1. The third-order valence-electron chi connectivity index (χ3n) is 3.40. The van der Waals surface area contributed by atoms with Crippen molar-refractivity contribution in [1.82, 2.24) is 10.2 Å². The molecule has 0 aliphatic carbocycles. The number of nitrogens with two attached hydrogens (primary N) is 1. The van der Waals surface area contributed by atoms with Gasteiger partial charge in [-0.2, -0.15) is 0 Å². The van der Waals surface area contributed by atoms with E-state index in [4.69, 9.17) is 10.2 Å². The molecule has 2 aromatic carbocycles. The molecule has 21 heavy (non-hydrogen) atoms. The summed E-state index contributed by atoms with van der Waals surface area (Å²) >= 11 is 0. The molecule has 3 rings (SSSR count). The highest BCUT2D eigenvalue weighted by molar-refractivity contribution is 5.64. The molecular weight excluding hydrogens is 269 g/mol. The Labute approximate surface area is 121 Å². The zero-order chi connectivity index (χ0) is 14.8. The standard InChI is InChI=1S/C16H14FN3O/c1-10(15-19-20-16(18)21-15)12-7-8-13(14(17)9-12)11-5-3-2-4-6-11/h2-10H,1H3,(H2,18,20). The van der Waals surface area contributed by atoms with E-state index >= 15 is 0 Å². The van der Waals surface area contributed by atoms with Crippen LogP contribution in [-0.4, -0.2) is 10.2 Å². The highest BCUT2D eigenvalue weighted by atomic mass is 19.1. The van der Waals surface area contributed by atoms with Gasteiger partial charge in [-0.05, 0) is 24.1 Å². The topological polar surface area (TPSA) is 64.9 Å². The lowest BCUT2D eigenvalue weighted by molar-refractivity contribution is 0.493. The van der Waals surface area contributed by atoms with Gasteiger partial charge in [0.15, 0.2) is 0 Å². The molecule has 0 bridgehead atoms. The second-order valence-corrected chi connectivity index (χ2v) is 4.81. The third kappa shape index (κ3) is 2.63. The fourth-order valence-corrected chi connectivity index (χ4v) is 2.22. The molecular formula is C16H14FN3O. The van der Waals surface area contributed by atoms with Crippen LogP contribution in [0, 0.1) is 5.82 Å². The first-order valence-electron chi connectivity index (χ1n) is 6.59. The number of benzene rings is 2. The van der Waals surface area contributed by atoms with E-state index in [2.05, 4.69) is 10.2 Å². The van der Waals surface area contributed by atoms with Crippen LogP contribution in [-0.2, 0) is 0 Å². The summed E-state index contributed by atoms with van der Waals surface area (Å²) in [5.41, 5.74) is 7.58. The molecule has 0 fully saturated rings. The molecule has 106 valence electrons. The van der Waals surface area contributed by atoms with E-state index in [0.717, 1.165) is 11.1 Å². The Balaban J connectivity index is 1.94. The van der Waals surface area contributed by atoms with Crippen molar-refractivity contribution in [1.29, 1.82) is 0 Å². The normalized spacial score (nSPS) is 12.3. The van der Waals surface area contributed by atoms with Crippen LogP contribution in [0.25, 0.3) is 11.1 Å². The van der Waals surface area contributed by atoms with Crippen molar-refractivity contribution >= 4 is 6.01 Å². The molecule has 3 aromatic rings. The molecule has 1 aromatic heterocycles. The third-order valence-corrected chi connectivity index (χ3v) is 3.40. The van der Waals surface area contributed by atoms with Crippen molar-refractivity contribution in [2.24, 2.45) is 0 Å². The number of anilines is 1. The van der Waals surface area contributed by atoms with E-state index in [1.165, 1.54) is 6.07 Å². The quantitative estimate of drug-likeness (QED) is 0.797. The average Bonchev–Trinajstić information content (AvgIpc) is 2.94. The maximum Gasteiger partial charge on any atom is 0.312 e. The molecule has 0 spiro atoms. The monoisotopic (exact) mass is 283 g/mol. The van der Waals surface area contributed by atoms with Gasteiger partial charge in [-0.1, -0.05) is 47.6 Å². The van der Waals surface area contributed by atoms with E-state index in [1.807, 2.05) is 43.3 Å². The molecule has 1 heterocycles. The van der Waals surface area contributed by atoms with Crippen molar-refractivity contribution in [3.8, 4) is 11.1 Å².